The highest BCUT2D eigenvalue weighted by Crippen LogP contribution is 2.29. The molecule has 0 aromatic rings. The van der Waals surface area contributed by atoms with Crippen LogP contribution in [0, 0.1) is 55.2 Å². The normalized spacial score (nSPS) is 11.7. The second-order valence-electron chi connectivity index (χ2n) is 28.1. The number of carbonyl (C=O) groups excluding carboxylic acids is 9. The third-order valence-corrected chi connectivity index (χ3v) is 17.4. The summed E-state index contributed by atoms with van der Waals surface area (Å²) in [6, 6.07) is 0. The Kier molecular flexibility index (Phi) is 118. The van der Waals surface area contributed by atoms with Gasteiger partial charge in [-0.1, -0.05) is 172 Å². The number of Topliss-reactive ketones (excluding diaryl/α,β-unsaturated/α-hetero) is 9. The lowest BCUT2D eigenvalue weighted by atomic mass is 9.84. The second-order valence-corrected chi connectivity index (χ2v) is 28.1. The summed E-state index contributed by atoms with van der Waals surface area (Å²) in [6.45, 7) is 58.5. The quantitative estimate of drug-likeness (QED) is 0.0404. The summed E-state index contributed by atoms with van der Waals surface area (Å²) in [5, 5.41) is 0. The number of hydrogen-bond acceptors (Lipinski definition) is 21. The molecule has 0 aliphatic heterocycles. The molecule has 0 bridgehead atoms. The molecule has 114 heavy (non-hydrogen) atoms. The average Bonchev–Trinajstić information content (AvgIpc) is 0.891. The molecular formula is C90H183N3O21. The lowest BCUT2D eigenvalue weighted by Crippen LogP contribution is -2.28. The maximum absolute atomic E-state index is 12.1. The molecule has 0 fully saturated rings. The van der Waals surface area contributed by atoms with E-state index in [0.29, 0.717) is 234 Å². The summed E-state index contributed by atoms with van der Waals surface area (Å²) in [6.07, 6.45) is 9.35. The largest absolute Gasteiger partial charge is 0.379 e. The number of nitrogens with zero attached hydrogens (tertiary/aromatic N) is 3. The summed E-state index contributed by atoms with van der Waals surface area (Å²) < 4.78 is 64.2. The Morgan fingerprint density at radius 2 is 0.377 bits per heavy atom. The highest BCUT2D eigenvalue weighted by atomic mass is 16.5. The molecule has 0 rings (SSSR count). The van der Waals surface area contributed by atoms with E-state index >= 15 is 0 Å². The van der Waals surface area contributed by atoms with Crippen molar-refractivity contribution in [3.8, 4) is 0 Å². The van der Waals surface area contributed by atoms with E-state index in [9.17, 15) is 43.2 Å². The second kappa shape index (κ2) is 93.5. The first kappa shape index (κ1) is 144. The Bertz CT molecular complexity index is 2400. The Hall–Kier alpha value is -4.98. The summed E-state index contributed by atoms with van der Waals surface area (Å²) >= 11 is 0. The maximum Gasteiger partial charge on any atom is 0.232 e. The van der Waals surface area contributed by atoms with Crippen molar-refractivity contribution < 1.29 is 100.0 Å². The van der Waals surface area contributed by atoms with Gasteiger partial charge in [0.25, 0.3) is 0 Å². The Balaban J connectivity index is -0.0000000977. The third-order valence-electron chi connectivity index (χ3n) is 17.4. The van der Waals surface area contributed by atoms with Crippen molar-refractivity contribution >= 4 is 52.0 Å². The van der Waals surface area contributed by atoms with E-state index in [-0.39, 0.29) is 216 Å². The molecular weight excluding hydrogens is 1460 g/mol. The van der Waals surface area contributed by atoms with E-state index in [1.54, 1.807) is 0 Å². The van der Waals surface area contributed by atoms with Crippen LogP contribution in [0.3, 0.4) is 0 Å². The van der Waals surface area contributed by atoms with E-state index in [0.717, 1.165) is 0 Å². The molecule has 0 N–H and O–H groups in total. The minimum absolute atomic E-state index is 0. The maximum atomic E-state index is 12.1. The first-order chi connectivity index (χ1) is 48.4. The van der Waals surface area contributed by atoms with E-state index in [4.69, 9.17) is 76.6 Å². The SMILES string of the molecule is C.C.C.C.C.C.C.C.C.C.C.C.[C-]#[N+]C(C)(CCC(=O)CCCOCCOCC(=O)C(C)C)C(C)C.[C-]#[N+]C(C)(CCC(=O)CCCOCCOCC(=O)CCCOCCOCC(=O)C(C)C)C(C)C.[C-]#[N+]C(C)(CCC(=O)CCCOCCOCC(=O)CCCOCCOCC(=O)CCCOCCOCC(=O)C(C)C)C(C)C. The molecule has 3 unspecified atom stereocenters. The fourth-order valence-corrected chi connectivity index (χ4v) is 8.31. The predicted octanol–water partition coefficient (Wildman–Crippen LogP) is 19.9. The highest BCUT2D eigenvalue weighted by Gasteiger charge is 2.36. The van der Waals surface area contributed by atoms with Crippen molar-refractivity contribution in [3.05, 3.63) is 34.3 Å². The third kappa shape index (κ3) is 86.4. The molecule has 0 aromatic heterocycles. The van der Waals surface area contributed by atoms with Gasteiger partial charge >= 0.3 is 0 Å². The van der Waals surface area contributed by atoms with Crippen molar-refractivity contribution in [2.24, 2.45) is 35.5 Å². The molecule has 24 heteroatoms. The van der Waals surface area contributed by atoms with Gasteiger partial charge in [-0.05, 0) is 38.5 Å². The predicted molar refractivity (Wildman–Crippen MR) is 473 cm³/mol. The average molecular weight is 1640 g/mol. The Morgan fingerprint density at radius 1 is 0.228 bits per heavy atom. The van der Waals surface area contributed by atoms with Gasteiger partial charge in [0.1, 0.15) is 57.0 Å². The zero-order chi connectivity index (χ0) is 77.5. The van der Waals surface area contributed by atoms with E-state index in [1.165, 1.54) is 0 Å². The van der Waals surface area contributed by atoms with Gasteiger partial charge in [-0.15, -0.1) is 0 Å². The van der Waals surface area contributed by atoms with Crippen LogP contribution in [0.15, 0.2) is 0 Å². The minimum Gasteiger partial charge on any atom is -0.379 e. The Morgan fingerprint density at radius 3 is 0.526 bits per heavy atom. The smallest absolute Gasteiger partial charge is 0.232 e. The van der Waals surface area contributed by atoms with E-state index in [2.05, 4.69) is 14.5 Å². The van der Waals surface area contributed by atoms with Crippen molar-refractivity contribution in [1.82, 2.24) is 0 Å². The zero-order valence-corrected chi connectivity index (χ0v) is 65.6. The van der Waals surface area contributed by atoms with Crippen molar-refractivity contribution in [3.63, 3.8) is 0 Å². The fourth-order valence-electron chi connectivity index (χ4n) is 8.31. The van der Waals surface area contributed by atoms with Gasteiger partial charge in [-0.25, -0.2) is 19.7 Å². The van der Waals surface area contributed by atoms with Gasteiger partial charge in [-0.3, -0.25) is 43.2 Å². The van der Waals surface area contributed by atoms with Crippen molar-refractivity contribution in [2.45, 2.75) is 325 Å². The van der Waals surface area contributed by atoms with Crippen LogP contribution in [0.5, 0.6) is 0 Å². The topological polar surface area (TPSA) is 277 Å². The van der Waals surface area contributed by atoms with Crippen LogP contribution in [0.4, 0.5) is 0 Å². The first-order valence-electron chi connectivity index (χ1n) is 37.1. The molecule has 0 radical (unpaired) electrons. The van der Waals surface area contributed by atoms with E-state index in [1.807, 2.05) is 104 Å². The molecule has 0 amide bonds. The van der Waals surface area contributed by atoms with Crippen LogP contribution in [0.25, 0.3) is 14.5 Å². The monoisotopic (exact) mass is 1640 g/mol. The van der Waals surface area contributed by atoms with Crippen LogP contribution in [-0.2, 0) is 100.0 Å². The van der Waals surface area contributed by atoms with Gasteiger partial charge in [0.15, 0.2) is 34.7 Å². The van der Waals surface area contributed by atoms with Crippen LogP contribution >= 0.6 is 0 Å². The van der Waals surface area contributed by atoms with Gasteiger partial charge in [0, 0.05) is 173 Å². The molecule has 0 aromatic carbocycles. The van der Waals surface area contributed by atoms with Gasteiger partial charge < -0.3 is 71.4 Å². The van der Waals surface area contributed by atoms with Crippen LogP contribution in [0.2, 0.25) is 0 Å². The molecule has 24 nitrogen and oxygen atoms in total. The molecule has 0 saturated heterocycles. The number of carbonyl (C=O) groups is 9. The molecule has 0 saturated carbocycles. The minimum atomic E-state index is -0.487. The van der Waals surface area contributed by atoms with Crippen LogP contribution < -0.4 is 0 Å². The molecule has 0 spiro atoms. The zero-order valence-electron chi connectivity index (χ0n) is 65.6. The number of ether oxygens (including phenoxy) is 12. The molecule has 0 aliphatic rings. The number of rotatable bonds is 69. The van der Waals surface area contributed by atoms with Crippen molar-refractivity contribution in [1.29, 1.82) is 0 Å². The molecule has 0 heterocycles. The summed E-state index contributed by atoms with van der Waals surface area (Å²) in [5.74, 6) is 1.36. The summed E-state index contributed by atoms with van der Waals surface area (Å²) in [4.78, 5) is 117. The molecule has 0 aliphatic carbocycles. The van der Waals surface area contributed by atoms with Crippen molar-refractivity contribution in [2.75, 3.05) is 159 Å². The number of hydrogen-bond donors (Lipinski definition) is 0. The van der Waals surface area contributed by atoms with Gasteiger partial charge in [0.2, 0.25) is 16.6 Å². The summed E-state index contributed by atoms with van der Waals surface area (Å²) in [5.41, 5.74) is -1.41. The Labute approximate surface area is 702 Å². The highest BCUT2D eigenvalue weighted by molar-refractivity contribution is 5.83. The first-order valence-corrected chi connectivity index (χ1v) is 37.1. The van der Waals surface area contributed by atoms with Crippen LogP contribution in [0.1, 0.15) is 309 Å². The lowest BCUT2D eigenvalue weighted by molar-refractivity contribution is -0.127. The number of ketones is 9. The fraction of sp³-hybridized carbons (Fsp3) is 0.867. The van der Waals surface area contributed by atoms with E-state index < -0.39 is 16.6 Å². The van der Waals surface area contributed by atoms with Gasteiger partial charge in [-0.2, -0.15) is 0 Å². The van der Waals surface area contributed by atoms with Crippen LogP contribution in [-0.4, -0.2) is 227 Å². The summed E-state index contributed by atoms with van der Waals surface area (Å²) in [7, 11) is 0. The molecule has 3 atom stereocenters. The molecule has 684 valence electrons. The van der Waals surface area contributed by atoms with Gasteiger partial charge in [0.05, 0.1) is 79.3 Å². The lowest BCUT2D eigenvalue weighted by Gasteiger charge is -2.20. The standard InChI is InChI=1S/C33H57NO10.C26H45NO7.C19H33NO4.12CH4/c1-27(2)32(38)26-44-23-20-41-17-9-12-31(37)25-43-22-19-40-16-8-11-30(36)24-42-21-18-39-15-7-10-29(35)13-14-33(5,34-6)28(3)4;1-21(2)25(30)20-34-18-16-32-14-8-10-24(29)19-33-17-15-31-13-7-9-23(28)11-12-26(5,27-6)22(3)4;1-15(2)18(22)14-24-13-12-23-11-7-8-17(21)9-10-19(5,20-6)16(3)4;;;;;;;;;;;;/h27-28H,7-26H2,1-5H3;21-22H,7-20H2,1-5H3;15-16H,7-14H2,1-5H3;12*1H4.